The van der Waals surface area contributed by atoms with Crippen LogP contribution in [0, 0.1) is 0 Å². The first-order valence-electron chi connectivity index (χ1n) is 2.09. The van der Waals surface area contributed by atoms with E-state index in [0.29, 0.717) is 0 Å². The Hall–Kier alpha value is -0.700. The predicted octanol–water partition coefficient (Wildman–Crippen LogP) is 0.345. The fourth-order valence-electron chi connectivity index (χ4n) is 0.369. The molecule has 0 aromatic carbocycles. The van der Waals surface area contributed by atoms with Crippen LogP contribution in [0.1, 0.15) is 0 Å². The molecule has 1 heterocycles. The van der Waals surface area contributed by atoms with Crippen LogP contribution in [0.15, 0.2) is 23.0 Å². The first-order chi connectivity index (χ1) is 3.79. The van der Waals surface area contributed by atoms with Crippen LogP contribution in [0.2, 0.25) is 0 Å². The largest absolute Gasteiger partial charge is 0.290 e. The standard InChI is InChI=1S/C5H4O2S/c6-5-1-3-8(7)4-2-5/h1-4H. The Morgan fingerprint density at radius 3 is 2.12 bits per heavy atom. The van der Waals surface area contributed by atoms with Gasteiger partial charge in [0.15, 0.2) is 5.78 Å². The molecular formula is C5H4O2S. The summed E-state index contributed by atoms with van der Waals surface area (Å²) in [6.07, 6.45) is 2.60. The number of rotatable bonds is 0. The van der Waals surface area contributed by atoms with Gasteiger partial charge in [-0.1, -0.05) is 0 Å². The number of allylic oxidation sites excluding steroid dienone is 2. The second kappa shape index (κ2) is 2.05. The molecule has 0 amide bonds. The van der Waals surface area contributed by atoms with Crippen LogP contribution in [0.4, 0.5) is 0 Å². The lowest BCUT2D eigenvalue weighted by Gasteiger charge is -1.88. The second-order valence-electron chi connectivity index (χ2n) is 1.34. The van der Waals surface area contributed by atoms with Crippen molar-refractivity contribution >= 4 is 16.6 Å². The predicted molar refractivity (Wildman–Crippen MR) is 31.4 cm³/mol. The third-order valence-electron chi connectivity index (χ3n) is 0.733. The van der Waals surface area contributed by atoms with Gasteiger partial charge in [-0.2, -0.15) is 0 Å². The summed E-state index contributed by atoms with van der Waals surface area (Å²) in [6.45, 7) is 0. The topological polar surface area (TPSA) is 34.1 Å². The van der Waals surface area contributed by atoms with Crippen molar-refractivity contribution in [1.82, 2.24) is 0 Å². The summed E-state index contributed by atoms with van der Waals surface area (Å²) >= 11 is 0. The van der Waals surface area contributed by atoms with Crippen molar-refractivity contribution in [2.24, 2.45) is 0 Å². The van der Waals surface area contributed by atoms with Gasteiger partial charge in [-0.05, 0) is 12.2 Å². The van der Waals surface area contributed by atoms with E-state index in [0.717, 1.165) is 0 Å². The van der Waals surface area contributed by atoms with E-state index < -0.39 is 10.8 Å². The summed E-state index contributed by atoms with van der Waals surface area (Å²) in [5.41, 5.74) is 0. The Bertz CT molecular complexity index is 153. The molecule has 8 heavy (non-hydrogen) atoms. The van der Waals surface area contributed by atoms with Gasteiger partial charge in [0, 0.05) is 10.8 Å². The molecule has 0 bridgehead atoms. The van der Waals surface area contributed by atoms with Gasteiger partial charge >= 0.3 is 0 Å². The molecule has 0 aromatic heterocycles. The molecule has 0 spiro atoms. The van der Waals surface area contributed by atoms with Gasteiger partial charge in [0.25, 0.3) is 0 Å². The molecule has 0 saturated carbocycles. The summed E-state index contributed by atoms with van der Waals surface area (Å²) < 4.78 is 10.4. The highest BCUT2D eigenvalue weighted by Gasteiger charge is 1.96. The molecule has 1 rings (SSSR count). The van der Waals surface area contributed by atoms with Crippen LogP contribution < -0.4 is 0 Å². The Morgan fingerprint density at radius 2 is 1.75 bits per heavy atom. The van der Waals surface area contributed by atoms with Crippen LogP contribution in [-0.4, -0.2) is 9.99 Å². The molecule has 0 aromatic rings. The number of hydrogen-bond acceptors (Lipinski definition) is 2. The summed E-state index contributed by atoms with van der Waals surface area (Å²) in [5, 5.41) is 2.73. The molecule has 0 aliphatic carbocycles. The first-order valence-corrected chi connectivity index (χ1v) is 3.36. The molecule has 0 saturated heterocycles. The molecule has 0 fully saturated rings. The van der Waals surface area contributed by atoms with E-state index in [4.69, 9.17) is 0 Å². The molecule has 2 nitrogen and oxygen atoms in total. The van der Waals surface area contributed by atoms with E-state index in [-0.39, 0.29) is 5.78 Å². The maximum absolute atomic E-state index is 10.4. The van der Waals surface area contributed by atoms with Gasteiger partial charge in [0.1, 0.15) is 0 Å². The van der Waals surface area contributed by atoms with Gasteiger partial charge in [-0.15, -0.1) is 0 Å². The molecule has 0 N–H and O–H groups in total. The number of ketones is 1. The maximum atomic E-state index is 10.4. The molecule has 0 atom stereocenters. The molecule has 3 heteroatoms. The Balaban J connectivity index is 2.83. The quantitative estimate of drug-likeness (QED) is 0.471. The summed E-state index contributed by atoms with van der Waals surface area (Å²) in [7, 11) is -1.04. The normalized spacial score (nSPS) is 19.8. The zero-order valence-corrected chi connectivity index (χ0v) is 4.85. The van der Waals surface area contributed by atoms with Crippen LogP contribution >= 0.6 is 0 Å². The molecule has 0 unspecified atom stereocenters. The fraction of sp³-hybridized carbons (Fsp3) is 0. The average Bonchev–Trinajstić information content (AvgIpc) is 1.77. The Labute approximate surface area is 49.3 Å². The van der Waals surface area contributed by atoms with Crippen LogP contribution in [0.5, 0.6) is 0 Å². The SMILES string of the molecule is O=C1C=CS(=O)C=C1. The van der Waals surface area contributed by atoms with Crippen molar-refractivity contribution in [1.29, 1.82) is 0 Å². The highest BCUT2D eigenvalue weighted by Crippen LogP contribution is 1.95. The average molecular weight is 128 g/mol. The first kappa shape index (κ1) is 5.44. The van der Waals surface area contributed by atoms with E-state index in [1.165, 1.54) is 23.0 Å². The number of hydrogen-bond donors (Lipinski definition) is 0. The minimum absolute atomic E-state index is 0.0930. The van der Waals surface area contributed by atoms with E-state index in [1.54, 1.807) is 0 Å². The van der Waals surface area contributed by atoms with Gasteiger partial charge in [0.05, 0.1) is 10.8 Å². The van der Waals surface area contributed by atoms with E-state index >= 15 is 0 Å². The lowest BCUT2D eigenvalue weighted by molar-refractivity contribution is -0.110. The molecule has 1 aliphatic heterocycles. The maximum Gasteiger partial charge on any atom is 0.179 e. The lowest BCUT2D eigenvalue weighted by Crippen LogP contribution is -1.92. The zero-order chi connectivity index (χ0) is 5.98. The van der Waals surface area contributed by atoms with E-state index in [2.05, 4.69) is 0 Å². The third-order valence-corrected chi connectivity index (χ3v) is 1.54. The van der Waals surface area contributed by atoms with Crippen molar-refractivity contribution < 1.29 is 9.00 Å². The number of carbonyl (C=O) groups excluding carboxylic acids is 1. The molecule has 0 radical (unpaired) electrons. The zero-order valence-electron chi connectivity index (χ0n) is 4.03. The van der Waals surface area contributed by atoms with Gasteiger partial charge < -0.3 is 0 Å². The van der Waals surface area contributed by atoms with Gasteiger partial charge in [-0.3, -0.25) is 9.00 Å². The summed E-state index contributed by atoms with van der Waals surface area (Å²) in [5.74, 6) is -0.0930. The third kappa shape index (κ3) is 1.13. The summed E-state index contributed by atoms with van der Waals surface area (Å²) in [4.78, 5) is 10.3. The lowest BCUT2D eigenvalue weighted by atomic mass is 10.4. The Kier molecular flexibility index (Phi) is 1.39. The molecule has 1 aliphatic rings. The van der Waals surface area contributed by atoms with Crippen LogP contribution in [-0.2, 0) is 15.6 Å². The summed E-state index contributed by atoms with van der Waals surface area (Å²) in [6, 6.07) is 0. The molecule has 42 valence electrons. The Morgan fingerprint density at radius 1 is 1.25 bits per heavy atom. The highest BCUT2D eigenvalue weighted by molar-refractivity contribution is 7.91. The smallest absolute Gasteiger partial charge is 0.179 e. The van der Waals surface area contributed by atoms with Crippen LogP contribution in [0.3, 0.4) is 0 Å². The van der Waals surface area contributed by atoms with Crippen molar-refractivity contribution in [2.75, 3.05) is 0 Å². The van der Waals surface area contributed by atoms with Gasteiger partial charge in [-0.25, -0.2) is 0 Å². The highest BCUT2D eigenvalue weighted by atomic mass is 32.2. The van der Waals surface area contributed by atoms with Crippen molar-refractivity contribution in [3.8, 4) is 0 Å². The van der Waals surface area contributed by atoms with E-state index in [1.807, 2.05) is 0 Å². The van der Waals surface area contributed by atoms with Crippen molar-refractivity contribution in [3.05, 3.63) is 23.0 Å². The van der Waals surface area contributed by atoms with Crippen LogP contribution in [0.25, 0.3) is 0 Å². The fourth-order valence-corrected chi connectivity index (χ4v) is 0.996. The van der Waals surface area contributed by atoms with Crippen molar-refractivity contribution in [2.45, 2.75) is 0 Å². The minimum atomic E-state index is -1.04. The molecular weight excluding hydrogens is 124 g/mol. The second-order valence-corrected chi connectivity index (χ2v) is 2.54. The van der Waals surface area contributed by atoms with Gasteiger partial charge in [0.2, 0.25) is 0 Å². The van der Waals surface area contributed by atoms with E-state index in [9.17, 15) is 9.00 Å². The minimum Gasteiger partial charge on any atom is -0.290 e. The monoisotopic (exact) mass is 128 g/mol. The number of carbonyl (C=O) groups is 1. The van der Waals surface area contributed by atoms with Crippen molar-refractivity contribution in [3.63, 3.8) is 0 Å².